The third-order valence-electron chi connectivity index (χ3n) is 7.42. The molecule has 230 valence electrons. The van der Waals surface area contributed by atoms with E-state index in [4.69, 9.17) is 14.2 Å². The minimum Gasteiger partial charge on any atom is -0.454 e. The van der Waals surface area contributed by atoms with Gasteiger partial charge in [0.15, 0.2) is 11.5 Å². The molecule has 9 nitrogen and oxygen atoms in total. The third kappa shape index (κ3) is 6.08. The van der Waals surface area contributed by atoms with Gasteiger partial charge in [0.25, 0.3) is 5.56 Å². The topological polar surface area (TPSA) is 92.0 Å². The average molecular weight is 606 g/mol. The summed E-state index contributed by atoms with van der Waals surface area (Å²) in [5.74, 6) is -0.745. The number of halogens is 2. The Labute approximate surface area is 252 Å². The Morgan fingerprint density at radius 2 is 1.61 bits per heavy atom. The molecule has 1 aliphatic heterocycles. The molecule has 1 amide bonds. The highest BCUT2D eigenvalue weighted by atomic mass is 19.1. The minimum atomic E-state index is -0.828. The quantitative estimate of drug-likeness (QED) is 0.271. The van der Waals surface area contributed by atoms with Crippen LogP contribution >= 0.6 is 0 Å². The van der Waals surface area contributed by atoms with E-state index in [-0.39, 0.29) is 30.2 Å². The number of ether oxygens (including phenoxy) is 3. The van der Waals surface area contributed by atoms with Crippen LogP contribution in [0.25, 0.3) is 11.1 Å². The van der Waals surface area contributed by atoms with E-state index in [0.29, 0.717) is 22.6 Å². The van der Waals surface area contributed by atoms with E-state index in [2.05, 4.69) is 0 Å². The number of aromatic nitrogens is 2. The van der Waals surface area contributed by atoms with Crippen molar-refractivity contribution in [1.82, 2.24) is 14.0 Å². The SMILES string of the molecule is Cc1c(-c2ccc3c(c2)OCO3)c(=O)n(C[C@@H](c2ccccc2)N(C)C(=O)OC(C)(C)C)c(=O)n1Cc1c(F)cccc1F. The first-order chi connectivity index (χ1) is 20.9. The molecule has 0 unspecified atom stereocenters. The molecular formula is C33H33F2N3O6. The van der Waals surface area contributed by atoms with Crippen molar-refractivity contribution in [3.63, 3.8) is 0 Å². The zero-order chi connectivity index (χ0) is 31.8. The van der Waals surface area contributed by atoms with E-state index >= 15 is 0 Å². The minimum absolute atomic E-state index is 0.0177. The second-order valence-electron chi connectivity index (χ2n) is 11.5. The molecule has 0 bridgehead atoms. The number of hydrogen-bond donors (Lipinski definition) is 0. The lowest BCUT2D eigenvalue weighted by Crippen LogP contribution is -2.46. The van der Waals surface area contributed by atoms with Crippen molar-refractivity contribution in [2.75, 3.05) is 13.8 Å². The molecule has 5 rings (SSSR count). The van der Waals surface area contributed by atoms with Gasteiger partial charge in [-0.25, -0.2) is 18.4 Å². The molecule has 0 radical (unpaired) electrons. The summed E-state index contributed by atoms with van der Waals surface area (Å²) in [7, 11) is 1.52. The van der Waals surface area contributed by atoms with E-state index in [9.17, 15) is 23.2 Å². The molecule has 3 aromatic carbocycles. The molecule has 1 atom stereocenters. The molecule has 0 fully saturated rings. The van der Waals surface area contributed by atoms with Crippen molar-refractivity contribution in [1.29, 1.82) is 0 Å². The number of carbonyl (C=O) groups is 1. The van der Waals surface area contributed by atoms with Crippen LogP contribution in [0.1, 0.15) is 43.6 Å². The van der Waals surface area contributed by atoms with Crippen LogP contribution in [-0.2, 0) is 17.8 Å². The van der Waals surface area contributed by atoms with Crippen molar-refractivity contribution in [2.45, 2.75) is 52.4 Å². The molecule has 1 aromatic heterocycles. The van der Waals surface area contributed by atoms with Crippen LogP contribution in [0.15, 0.2) is 76.3 Å². The van der Waals surface area contributed by atoms with Gasteiger partial charge in [-0.15, -0.1) is 0 Å². The Bertz CT molecular complexity index is 1810. The van der Waals surface area contributed by atoms with Crippen molar-refractivity contribution >= 4 is 6.09 Å². The highest BCUT2D eigenvalue weighted by Crippen LogP contribution is 2.36. The number of hydrogen-bond acceptors (Lipinski definition) is 6. The second-order valence-corrected chi connectivity index (χ2v) is 11.5. The van der Waals surface area contributed by atoms with Crippen molar-refractivity contribution in [3.8, 4) is 22.6 Å². The molecule has 0 saturated carbocycles. The van der Waals surface area contributed by atoms with E-state index in [1.54, 1.807) is 76.2 Å². The maximum Gasteiger partial charge on any atom is 0.410 e. The standard InChI is InChI=1S/C33H33F2N3O6/c1-20-29(22-14-15-27-28(16-22)43-19-42-27)30(39)38(31(40)37(20)17-23-24(34)12-9-13-25(23)35)18-26(21-10-7-6-8-11-21)36(5)32(41)44-33(2,3)4/h6-16,26H,17-19H2,1-5H3/t26-/m0/s1. The molecule has 0 saturated heterocycles. The Kier molecular flexibility index (Phi) is 8.31. The fourth-order valence-corrected chi connectivity index (χ4v) is 5.13. The van der Waals surface area contributed by atoms with Crippen LogP contribution in [0.5, 0.6) is 11.5 Å². The first-order valence-corrected chi connectivity index (χ1v) is 14.0. The lowest BCUT2D eigenvalue weighted by molar-refractivity contribution is 0.0201. The molecule has 0 spiro atoms. The summed E-state index contributed by atoms with van der Waals surface area (Å²) >= 11 is 0. The van der Waals surface area contributed by atoms with Gasteiger partial charge >= 0.3 is 11.8 Å². The predicted octanol–water partition coefficient (Wildman–Crippen LogP) is 5.65. The van der Waals surface area contributed by atoms with Crippen LogP contribution < -0.4 is 20.7 Å². The first-order valence-electron chi connectivity index (χ1n) is 14.0. The molecule has 44 heavy (non-hydrogen) atoms. The number of amides is 1. The number of rotatable bonds is 7. The molecule has 11 heteroatoms. The second kappa shape index (κ2) is 12.0. The summed E-state index contributed by atoms with van der Waals surface area (Å²) in [6.07, 6.45) is -0.656. The lowest BCUT2D eigenvalue weighted by atomic mass is 10.0. The molecule has 0 N–H and O–H groups in total. The number of carbonyl (C=O) groups excluding carboxylic acids is 1. The van der Waals surface area contributed by atoms with E-state index in [1.165, 1.54) is 22.6 Å². The van der Waals surface area contributed by atoms with Gasteiger partial charge in [-0.3, -0.25) is 13.9 Å². The summed E-state index contributed by atoms with van der Waals surface area (Å²) in [6, 6.07) is 16.5. The summed E-state index contributed by atoms with van der Waals surface area (Å²) < 4.78 is 48.3. The Morgan fingerprint density at radius 1 is 0.955 bits per heavy atom. The first kappa shape index (κ1) is 30.5. The van der Waals surface area contributed by atoms with Crippen LogP contribution in [0, 0.1) is 18.6 Å². The van der Waals surface area contributed by atoms with Crippen LogP contribution in [0.4, 0.5) is 13.6 Å². The van der Waals surface area contributed by atoms with Crippen molar-refractivity contribution in [3.05, 3.63) is 116 Å². The largest absolute Gasteiger partial charge is 0.454 e. The zero-order valence-electron chi connectivity index (χ0n) is 25.1. The number of nitrogens with zero attached hydrogens (tertiary/aromatic N) is 3. The highest BCUT2D eigenvalue weighted by molar-refractivity contribution is 5.69. The molecule has 1 aliphatic rings. The van der Waals surface area contributed by atoms with Gasteiger partial charge in [0.1, 0.15) is 17.2 Å². The van der Waals surface area contributed by atoms with E-state index in [0.717, 1.165) is 16.7 Å². The Morgan fingerprint density at radius 3 is 2.27 bits per heavy atom. The summed E-state index contributed by atoms with van der Waals surface area (Å²) in [5.41, 5.74) is -1.16. The Hall–Kier alpha value is -4.93. The van der Waals surface area contributed by atoms with Gasteiger partial charge in [-0.1, -0.05) is 42.5 Å². The summed E-state index contributed by atoms with van der Waals surface area (Å²) in [4.78, 5) is 42.8. The lowest BCUT2D eigenvalue weighted by Gasteiger charge is -2.31. The van der Waals surface area contributed by atoms with E-state index in [1.807, 2.05) is 0 Å². The number of likely N-dealkylation sites (N-methyl/N-ethyl adjacent to an activating group) is 1. The maximum atomic E-state index is 14.8. The number of benzene rings is 3. The fourth-order valence-electron chi connectivity index (χ4n) is 5.13. The normalized spacial score (nSPS) is 13.1. The third-order valence-corrected chi connectivity index (χ3v) is 7.42. The highest BCUT2D eigenvalue weighted by Gasteiger charge is 2.30. The van der Waals surface area contributed by atoms with Gasteiger partial charge in [0.05, 0.1) is 24.7 Å². The molecule has 2 heterocycles. The molecule has 4 aromatic rings. The van der Waals surface area contributed by atoms with Gasteiger partial charge in [0.2, 0.25) is 6.79 Å². The maximum absolute atomic E-state index is 14.8. The monoisotopic (exact) mass is 605 g/mol. The number of fused-ring (bicyclic) bond motifs is 1. The van der Waals surface area contributed by atoms with Crippen molar-refractivity contribution in [2.24, 2.45) is 0 Å². The van der Waals surface area contributed by atoms with Gasteiger partial charge in [-0.05, 0) is 63.1 Å². The molecular weight excluding hydrogens is 572 g/mol. The van der Waals surface area contributed by atoms with Crippen LogP contribution in [-0.4, -0.2) is 39.6 Å². The summed E-state index contributed by atoms with van der Waals surface area (Å²) in [6.45, 7) is 6.03. The Balaban J connectivity index is 1.71. The van der Waals surface area contributed by atoms with Crippen LogP contribution in [0.2, 0.25) is 0 Å². The van der Waals surface area contributed by atoms with Crippen LogP contribution in [0.3, 0.4) is 0 Å². The van der Waals surface area contributed by atoms with Crippen molar-refractivity contribution < 1.29 is 27.8 Å². The average Bonchev–Trinajstić information content (AvgIpc) is 3.44. The van der Waals surface area contributed by atoms with Gasteiger partial charge < -0.3 is 19.1 Å². The smallest absolute Gasteiger partial charge is 0.410 e. The van der Waals surface area contributed by atoms with E-state index < -0.39 is 47.2 Å². The molecule has 0 aliphatic carbocycles. The fraction of sp³-hybridized carbons (Fsp3) is 0.303. The van der Waals surface area contributed by atoms with Gasteiger partial charge in [0, 0.05) is 18.3 Å². The predicted molar refractivity (Wildman–Crippen MR) is 160 cm³/mol. The summed E-state index contributed by atoms with van der Waals surface area (Å²) in [5, 5.41) is 0. The van der Waals surface area contributed by atoms with Gasteiger partial charge in [-0.2, -0.15) is 0 Å². The zero-order valence-corrected chi connectivity index (χ0v) is 25.1.